The number of rotatable bonds is 4. The molecule has 92 valence electrons. The van der Waals surface area contributed by atoms with Crippen LogP contribution in [0.15, 0.2) is 30.4 Å². The van der Waals surface area contributed by atoms with Gasteiger partial charge >= 0.3 is 5.97 Å². The van der Waals surface area contributed by atoms with Crippen LogP contribution in [0.4, 0.5) is 0 Å². The maximum absolute atomic E-state index is 11.4. The number of carbonyl (C=O) groups excluding carboxylic acids is 1. The zero-order valence-electron chi connectivity index (χ0n) is 9.24. The lowest BCUT2D eigenvalue weighted by molar-refractivity contribution is -0.139. The second-order valence-electron chi connectivity index (χ2n) is 3.32. The van der Waals surface area contributed by atoms with Gasteiger partial charge < -0.3 is 9.84 Å². The number of hydrogen-bond donors (Lipinski definition) is 1. The molecule has 17 heavy (non-hydrogen) atoms. The molecule has 0 aliphatic rings. The second kappa shape index (κ2) is 6.05. The van der Waals surface area contributed by atoms with Gasteiger partial charge in [-0.15, -0.1) is 0 Å². The van der Waals surface area contributed by atoms with Crippen molar-refractivity contribution in [3.8, 4) is 0 Å². The average molecular weight is 275 g/mol. The van der Waals surface area contributed by atoms with Crippen molar-refractivity contribution in [2.45, 2.75) is 13.0 Å². The van der Waals surface area contributed by atoms with Crippen molar-refractivity contribution < 1.29 is 14.6 Å². The molecule has 0 radical (unpaired) electrons. The number of benzene rings is 1. The first kappa shape index (κ1) is 14.0. The van der Waals surface area contributed by atoms with Gasteiger partial charge in [-0.05, 0) is 24.6 Å². The lowest BCUT2D eigenvalue weighted by Crippen LogP contribution is -2.13. The van der Waals surface area contributed by atoms with Crippen LogP contribution < -0.4 is 0 Å². The number of halogens is 2. The molecular weight excluding hydrogens is 263 g/mol. The molecular formula is C12H12Cl2O3. The molecule has 1 rings (SSSR count). The molecule has 1 unspecified atom stereocenters. The molecule has 0 aliphatic carbocycles. The highest BCUT2D eigenvalue weighted by Crippen LogP contribution is 2.28. The van der Waals surface area contributed by atoms with Gasteiger partial charge in [0, 0.05) is 0 Å². The lowest BCUT2D eigenvalue weighted by Gasteiger charge is -2.13. The number of esters is 1. The third kappa shape index (κ3) is 3.46. The topological polar surface area (TPSA) is 46.5 Å². The molecule has 0 amide bonds. The van der Waals surface area contributed by atoms with Crippen LogP contribution in [-0.2, 0) is 9.53 Å². The standard InChI is InChI=1S/C12H12Cl2O3/c1-3-17-12(16)7(2)11(15)8-4-5-9(13)10(14)6-8/h4-6,11,15H,2-3H2,1H3. The van der Waals surface area contributed by atoms with Gasteiger partial charge in [0.25, 0.3) is 0 Å². The molecule has 1 N–H and O–H groups in total. The highest BCUT2D eigenvalue weighted by molar-refractivity contribution is 6.42. The Morgan fingerprint density at radius 3 is 2.65 bits per heavy atom. The fourth-order valence-electron chi connectivity index (χ4n) is 1.22. The maximum atomic E-state index is 11.4. The molecule has 0 fully saturated rings. The molecule has 0 saturated heterocycles. The highest BCUT2D eigenvalue weighted by atomic mass is 35.5. The van der Waals surface area contributed by atoms with Crippen molar-refractivity contribution in [3.05, 3.63) is 46.0 Å². The van der Waals surface area contributed by atoms with Crippen LogP contribution in [0.2, 0.25) is 10.0 Å². The van der Waals surface area contributed by atoms with Crippen LogP contribution in [0.25, 0.3) is 0 Å². The van der Waals surface area contributed by atoms with Gasteiger partial charge in [-0.3, -0.25) is 0 Å². The summed E-state index contributed by atoms with van der Waals surface area (Å²) in [5, 5.41) is 10.6. The summed E-state index contributed by atoms with van der Waals surface area (Å²) in [5.74, 6) is -0.633. The van der Waals surface area contributed by atoms with Crippen molar-refractivity contribution >= 4 is 29.2 Å². The van der Waals surface area contributed by atoms with E-state index in [4.69, 9.17) is 27.9 Å². The number of ether oxygens (including phenoxy) is 1. The summed E-state index contributed by atoms with van der Waals surface area (Å²) in [6.07, 6.45) is -1.15. The molecule has 0 aromatic heterocycles. The summed E-state index contributed by atoms with van der Waals surface area (Å²) in [7, 11) is 0. The zero-order valence-corrected chi connectivity index (χ0v) is 10.8. The summed E-state index contributed by atoms with van der Waals surface area (Å²) < 4.78 is 4.74. The fraction of sp³-hybridized carbons (Fsp3) is 0.250. The minimum absolute atomic E-state index is 0.0368. The van der Waals surface area contributed by atoms with Gasteiger partial charge in [0.2, 0.25) is 0 Å². The molecule has 1 aromatic carbocycles. The number of carbonyl (C=O) groups is 1. The van der Waals surface area contributed by atoms with Gasteiger partial charge in [-0.1, -0.05) is 35.8 Å². The van der Waals surface area contributed by atoms with Crippen LogP contribution in [-0.4, -0.2) is 17.7 Å². The largest absolute Gasteiger partial charge is 0.463 e. The van der Waals surface area contributed by atoms with E-state index in [0.717, 1.165) is 0 Å². The van der Waals surface area contributed by atoms with Crippen LogP contribution in [0.1, 0.15) is 18.6 Å². The van der Waals surface area contributed by atoms with Crippen LogP contribution in [0.3, 0.4) is 0 Å². The average Bonchev–Trinajstić information content (AvgIpc) is 2.31. The van der Waals surface area contributed by atoms with Crippen LogP contribution in [0, 0.1) is 0 Å². The Balaban J connectivity index is 2.88. The Morgan fingerprint density at radius 2 is 2.12 bits per heavy atom. The first-order valence-electron chi connectivity index (χ1n) is 4.96. The Morgan fingerprint density at radius 1 is 1.47 bits per heavy atom. The molecule has 1 aromatic rings. The van der Waals surface area contributed by atoms with E-state index in [1.54, 1.807) is 19.1 Å². The van der Waals surface area contributed by atoms with Gasteiger partial charge in [-0.2, -0.15) is 0 Å². The third-order valence-electron chi connectivity index (χ3n) is 2.13. The molecule has 0 bridgehead atoms. The van der Waals surface area contributed by atoms with Crippen LogP contribution in [0.5, 0.6) is 0 Å². The van der Waals surface area contributed by atoms with Crippen molar-refractivity contribution in [2.75, 3.05) is 6.61 Å². The van der Waals surface area contributed by atoms with E-state index in [2.05, 4.69) is 6.58 Å². The zero-order chi connectivity index (χ0) is 13.0. The van der Waals surface area contributed by atoms with Crippen LogP contribution >= 0.6 is 23.2 Å². The quantitative estimate of drug-likeness (QED) is 0.678. The van der Waals surface area contributed by atoms with Gasteiger partial charge in [0.15, 0.2) is 0 Å². The van der Waals surface area contributed by atoms with Crippen molar-refractivity contribution in [1.82, 2.24) is 0 Å². The SMILES string of the molecule is C=C(C(=O)OCC)C(O)c1ccc(Cl)c(Cl)c1. The maximum Gasteiger partial charge on any atom is 0.336 e. The molecule has 0 aliphatic heterocycles. The van der Waals surface area contributed by atoms with Gasteiger partial charge in [0.05, 0.1) is 22.2 Å². The number of aliphatic hydroxyl groups excluding tert-OH is 1. The van der Waals surface area contributed by atoms with Crippen molar-refractivity contribution in [3.63, 3.8) is 0 Å². The first-order valence-corrected chi connectivity index (χ1v) is 5.72. The van der Waals surface area contributed by atoms with E-state index in [-0.39, 0.29) is 12.2 Å². The molecule has 0 spiro atoms. The minimum Gasteiger partial charge on any atom is -0.463 e. The summed E-state index contributed by atoms with van der Waals surface area (Å²) in [4.78, 5) is 11.4. The highest BCUT2D eigenvalue weighted by Gasteiger charge is 2.19. The Bertz CT molecular complexity index is 443. The number of hydrogen-bond acceptors (Lipinski definition) is 3. The van der Waals surface area contributed by atoms with E-state index in [9.17, 15) is 9.90 Å². The monoisotopic (exact) mass is 274 g/mol. The van der Waals surface area contributed by atoms with Gasteiger partial charge in [0.1, 0.15) is 6.10 Å². The fourth-order valence-corrected chi connectivity index (χ4v) is 1.53. The Kier molecular flexibility index (Phi) is 5.00. The molecule has 0 saturated carbocycles. The van der Waals surface area contributed by atoms with E-state index >= 15 is 0 Å². The second-order valence-corrected chi connectivity index (χ2v) is 4.14. The predicted octanol–water partition coefficient (Wildman–Crippen LogP) is 3.15. The summed E-state index contributed by atoms with van der Waals surface area (Å²) in [5.41, 5.74) is 0.405. The predicted molar refractivity (Wildman–Crippen MR) is 67.2 cm³/mol. The van der Waals surface area contributed by atoms with E-state index in [1.807, 2.05) is 0 Å². The summed E-state index contributed by atoms with van der Waals surface area (Å²) >= 11 is 11.6. The van der Waals surface area contributed by atoms with E-state index < -0.39 is 12.1 Å². The summed E-state index contributed by atoms with van der Waals surface area (Å²) in [6.45, 7) is 5.41. The minimum atomic E-state index is -1.15. The van der Waals surface area contributed by atoms with Crippen molar-refractivity contribution in [1.29, 1.82) is 0 Å². The number of aliphatic hydroxyl groups is 1. The van der Waals surface area contributed by atoms with Crippen molar-refractivity contribution in [2.24, 2.45) is 0 Å². The molecule has 1 atom stereocenters. The molecule has 3 nitrogen and oxygen atoms in total. The third-order valence-corrected chi connectivity index (χ3v) is 2.87. The van der Waals surface area contributed by atoms with Gasteiger partial charge in [-0.25, -0.2) is 4.79 Å². The normalized spacial score (nSPS) is 12.0. The first-order chi connectivity index (χ1) is 7.97. The van der Waals surface area contributed by atoms with E-state index in [0.29, 0.717) is 15.6 Å². The molecule has 0 heterocycles. The summed E-state index contributed by atoms with van der Waals surface area (Å²) in [6, 6.07) is 4.60. The van der Waals surface area contributed by atoms with E-state index in [1.165, 1.54) is 6.07 Å². The Labute approximate surface area is 110 Å². The smallest absolute Gasteiger partial charge is 0.336 e. The molecule has 5 heteroatoms. The lowest BCUT2D eigenvalue weighted by atomic mass is 10.0. The Hall–Kier alpha value is -1.03.